The second-order valence-corrected chi connectivity index (χ2v) is 10.3. The van der Waals surface area contributed by atoms with E-state index in [9.17, 15) is 8.42 Å². The van der Waals surface area contributed by atoms with E-state index in [0.717, 1.165) is 46.1 Å². The lowest BCUT2D eigenvalue weighted by Gasteiger charge is -2.13. The Balaban J connectivity index is 1.58. The number of hydrogen-bond acceptors (Lipinski definition) is 5. The van der Waals surface area contributed by atoms with Gasteiger partial charge < -0.3 is 10.3 Å². The van der Waals surface area contributed by atoms with Crippen LogP contribution in [0.2, 0.25) is 0 Å². The van der Waals surface area contributed by atoms with Crippen LogP contribution in [0.25, 0.3) is 22.2 Å². The number of aromatic amines is 1. The van der Waals surface area contributed by atoms with Crippen LogP contribution < -0.4 is 10.0 Å². The second kappa shape index (κ2) is 7.23. The molecule has 0 spiro atoms. The third-order valence-electron chi connectivity index (χ3n) is 5.21. The molecule has 30 heavy (non-hydrogen) atoms. The van der Waals surface area contributed by atoms with Crippen LogP contribution in [-0.4, -0.2) is 24.4 Å². The summed E-state index contributed by atoms with van der Waals surface area (Å²) in [4.78, 5) is 8.26. The predicted molar refractivity (Wildman–Crippen MR) is 122 cm³/mol. The van der Waals surface area contributed by atoms with Crippen molar-refractivity contribution >= 4 is 44.0 Å². The highest BCUT2D eigenvalue weighted by Crippen LogP contribution is 2.34. The van der Waals surface area contributed by atoms with E-state index in [-0.39, 0.29) is 10.9 Å². The molecule has 6 nitrogen and oxygen atoms in total. The van der Waals surface area contributed by atoms with Crippen LogP contribution in [0.15, 0.2) is 52.1 Å². The van der Waals surface area contributed by atoms with Crippen molar-refractivity contribution in [1.29, 1.82) is 0 Å². The summed E-state index contributed by atoms with van der Waals surface area (Å²) < 4.78 is 28.2. The van der Waals surface area contributed by atoms with Crippen LogP contribution in [-0.2, 0) is 10.0 Å². The number of benzene rings is 2. The molecule has 0 saturated heterocycles. The van der Waals surface area contributed by atoms with Gasteiger partial charge in [-0.3, -0.25) is 0 Å². The molecule has 5 rings (SSSR count). The number of hydrogen-bond donors (Lipinski definition) is 3. The molecule has 2 aromatic heterocycles. The first-order chi connectivity index (χ1) is 14.4. The fourth-order valence-corrected chi connectivity index (χ4v) is 5.60. The Morgan fingerprint density at radius 3 is 2.70 bits per heavy atom. The smallest absolute Gasteiger partial charge is 0.240 e. The molecule has 2 aromatic carbocycles. The number of fused-ring (bicyclic) bond motifs is 1. The van der Waals surface area contributed by atoms with Crippen molar-refractivity contribution in [1.82, 2.24) is 14.7 Å². The topological polar surface area (TPSA) is 86.9 Å². The molecular weight excluding hydrogens is 416 g/mol. The monoisotopic (exact) mass is 438 g/mol. The summed E-state index contributed by atoms with van der Waals surface area (Å²) in [7, 11) is -3.55. The Morgan fingerprint density at radius 1 is 1.13 bits per heavy atom. The van der Waals surface area contributed by atoms with Gasteiger partial charge in [0.2, 0.25) is 16.0 Å². The summed E-state index contributed by atoms with van der Waals surface area (Å²) in [5.74, 6) is 0.583. The van der Waals surface area contributed by atoms with Gasteiger partial charge in [0.25, 0.3) is 0 Å². The first-order valence-corrected chi connectivity index (χ1v) is 12.2. The summed E-state index contributed by atoms with van der Waals surface area (Å²) in [5.41, 5.74) is 6.76. The van der Waals surface area contributed by atoms with Crippen LogP contribution in [0, 0.1) is 13.8 Å². The van der Waals surface area contributed by atoms with Gasteiger partial charge >= 0.3 is 0 Å². The molecule has 0 amide bonds. The van der Waals surface area contributed by atoms with Crippen LogP contribution in [0.5, 0.6) is 0 Å². The van der Waals surface area contributed by atoms with E-state index < -0.39 is 10.0 Å². The zero-order valence-electron chi connectivity index (χ0n) is 16.7. The second-order valence-electron chi connectivity index (χ2n) is 7.80. The Labute approximate surface area is 179 Å². The molecule has 0 atom stereocenters. The molecule has 8 heteroatoms. The van der Waals surface area contributed by atoms with E-state index in [0.29, 0.717) is 11.6 Å². The summed E-state index contributed by atoms with van der Waals surface area (Å²) in [6.45, 7) is 4.09. The predicted octanol–water partition coefficient (Wildman–Crippen LogP) is 5.09. The number of anilines is 2. The largest absolute Gasteiger partial charge is 0.325 e. The third kappa shape index (κ3) is 3.74. The normalized spacial score (nSPS) is 14.3. The van der Waals surface area contributed by atoms with Gasteiger partial charge in [-0.1, -0.05) is 12.1 Å². The van der Waals surface area contributed by atoms with Crippen LogP contribution >= 0.6 is 11.3 Å². The number of aryl methyl sites for hydroxylation is 2. The summed E-state index contributed by atoms with van der Waals surface area (Å²) in [6, 6.07) is 11.4. The standard InChI is InChI=1S/C22H22N4O2S2/c1-13-9-14(2)21-20(10-13)24-22(25-21)23-19-11-17(30(27,28)26-16-3-4-16)5-6-18(19)15-7-8-29-12-15/h5-12,16,26H,3-4H2,1-2H3,(H2,23,24,25). The van der Waals surface area contributed by atoms with Crippen molar-refractivity contribution in [3.8, 4) is 11.1 Å². The van der Waals surface area contributed by atoms with Gasteiger partial charge in [-0.15, -0.1) is 0 Å². The van der Waals surface area contributed by atoms with Crippen molar-refractivity contribution in [2.75, 3.05) is 5.32 Å². The zero-order chi connectivity index (χ0) is 20.9. The number of thiophene rings is 1. The van der Waals surface area contributed by atoms with Crippen molar-refractivity contribution in [3.05, 3.63) is 58.3 Å². The molecule has 4 aromatic rings. The molecule has 0 unspecified atom stereocenters. The van der Waals surface area contributed by atoms with E-state index in [1.54, 1.807) is 23.5 Å². The molecule has 0 aliphatic heterocycles. The summed E-state index contributed by atoms with van der Waals surface area (Å²) in [5, 5.41) is 7.37. The number of imidazole rings is 1. The van der Waals surface area contributed by atoms with Gasteiger partial charge in [0, 0.05) is 11.6 Å². The maximum absolute atomic E-state index is 12.7. The Hall–Kier alpha value is -2.68. The van der Waals surface area contributed by atoms with Crippen molar-refractivity contribution < 1.29 is 8.42 Å². The lowest BCUT2D eigenvalue weighted by atomic mass is 10.1. The molecular formula is C22H22N4O2S2. The number of nitrogens with one attached hydrogen (secondary N) is 3. The van der Waals surface area contributed by atoms with Gasteiger partial charge in [-0.05, 0) is 78.4 Å². The van der Waals surface area contributed by atoms with Crippen LogP contribution in [0.4, 0.5) is 11.6 Å². The minimum absolute atomic E-state index is 0.0598. The van der Waals surface area contributed by atoms with Crippen molar-refractivity contribution in [2.24, 2.45) is 0 Å². The Morgan fingerprint density at radius 2 is 1.97 bits per heavy atom. The van der Waals surface area contributed by atoms with Gasteiger partial charge in [-0.2, -0.15) is 11.3 Å². The van der Waals surface area contributed by atoms with E-state index in [1.165, 1.54) is 0 Å². The molecule has 154 valence electrons. The molecule has 0 bridgehead atoms. The third-order valence-corrected chi connectivity index (χ3v) is 7.41. The Kier molecular flexibility index (Phi) is 4.65. The summed E-state index contributed by atoms with van der Waals surface area (Å²) >= 11 is 1.60. The maximum atomic E-state index is 12.7. The minimum atomic E-state index is -3.55. The van der Waals surface area contributed by atoms with Gasteiger partial charge in [0.1, 0.15) is 0 Å². The van der Waals surface area contributed by atoms with Gasteiger partial charge in [0.15, 0.2) is 0 Å². The average Bonchev–Trinajstić information content (AvgIpc) is 3.16. The highest BCUT2D eigenvalue weighted by Gasteiger charge is 2.28. The molecule has 1 fully saturated rings. The van der Waals surface area contributed by atoms with Crippen LogP contribution in [0.1, 0.15) is 24.0 Å². The molecule has 3 N–H and O–H groups in total. The lowest BCUT2D eigenvalue weighted by molar-refractivity contribution is 0.581. The number of H-pyrrole nitrogens is 1. The summed E-state index contributed by atoms with van der Waals surface area (Å²) in [6.07, 6.45) is 1.80. The molecule has 1 aliphatic carbocycles. The lowest BCUT2D eigenvalue weighted by Crippen LogP contribution is -2.25. The van der Waals surface area contributed by atoms with Crippen molar-refractivity contribution in [2.45, 2.75) is 37.6 Å². The fourth-order valence-electron chi connectivity index (χ4n) is 3.61. The average molecular weight is 439 g/mol. The number of sulfonamides is 1. The number of rotatable bonds is 6. The first kappa shape index (κ1) is 19.3. The number of aromatic nitrogens is 2. The highest BCUT2D eigenvalue weighted by molar-refractivity contribution is 7.89. The van der Waals surface area contributed by atoms with Crippen molar-refractivity contribution in [3.63, 3.8) is 0 Å². The molecule has 1 aliphatic rings. The molecule has 2 heterocycles. The van der Waals surface area contributed by atoms with Gasteiger partial charge in [0.05, 0.1) is 21.6 Å². The quantitative estimate of drug-likeness (QED) is 0.391. The minimum Gasteiger partial charge on any atom is -0.325 e. The fraction of sp³-hybridized carbons (Fsp3) is 0.227. The van der Waals surface area contributed by atoms with Gasteiger partial charge in [-0.25, -0.2) is 18.1 Å². The van der Waals surface area contributed by atoms with E-state index in [2.05, 4.69) is 34.1 Å². The number of nitrogens with zero attached hydrogens (tertiary/aromatic N) is 1. The van der Waals surface area contributed by atoms with E-state index in [1.807, 2.05) is 29.8 Å². The highest BCUT2D eigenvalue weighted by atomic mass is 32.2. The SMILES string of the molecule is Cc1cc(C)c2nc(Nc3cc(S(=O)(=O)NC4CC4)ccc3-c3ccsc3)[nH]c2c1. The maximum Gasteiger partial charge on any atom is 0.240 e. The van der Waals surface area contributed by atoms with E-state index >= 15 is 0 Å². The molecule has 1 saturated carbocycles. The first-order valence-electron chi connectivity index (χ1n) is 9.82. The molecule has 0 radical (unpaired) electrons. The van der Waals surface area contributed by atoms with Crippen LogP contribution in [0.3, 0.4) is 0 Å². The van der Waals surface area contributed by atoms with E-state index in [4.69, 9.17) is 4.98 Å². The Bertz CT molecular complexity index is 1340. The zero-order valence-corrected chi connectivity index (χ0v) is 18.3.